The molecule has 1 saturated carbocycles. The van der Waals surface area contributed by atoms with Crippen molar-refractivity contribution in [3.05, 3.63) is 53.1 Å². The van der Waals surface area contributed by atoms with Crippen molar-refractivity contribution in [3.63, 3.8) is 0 Å². The summed E-state index contributed by atoms with van der Waals surface area (Å²) in [5.74, 6) is 0.842. The number of hydrogen-bond acceptors (Lipinski definition) is 5. The second-order valence-corrected chi connectivity index (χ2v) is 7.94. The second kappa shape index (κ2) is 6.27. The lowest BCUT2D eigenvalue weighted by molar-refractivity contribution is -0.118. The van der Waals surface area contributed by atoms with E-state index in [0.717, 1.165) is 29.0 Å². The van der Waals surface area contributed by atoms with E-state index in [1.165, 1.54) is 0 Å². The van der Waals surface area contributed by atoms with Crippen LogP contribution in [0.15, 0.2) is 36.7 Å². The number of nitrogens with zero attached hydrogens (tertiary/aromatic N) is 3. The number of halogens is 1. The first-order chi connectivity index (χ1) is 13.6. The van der Waals surface area contributed by atoms with Crippen molar-refractivity contribution in [2.75, 3.05) is 18.5 Å². The van der Waals surface area contributed by atoms with Crippen molar-refractivity contribution in [3.8, 4) is 0 Å². The summed E-state index contributed by atoms with van der Waals surface area (Å²) in [5.41, 5.74) is 2.75. The van der Waals surface area contributed by atoms with Crippen molar-refractivity contribution in [1.82, 2.24) is 14.5 Å². The van der Waals surface area contributed by atoms with Crippen LogP contribution in [-0.4, -0.2) is 43.9 Å². The van der Waals surface area contributed by atoms with E-state index in [0.29, 0.717) is 17.0 Å². The van der Waals surface area contributed by atoms with Crippen LogP contribution < -0.4 is 5.32 Å². The number of aromatic nitrogens is 3. The van der Waals surface area contributed by atoms with Gasteiger partial charge in [-0.25, -0.2) is 4.98 Å². The molecule has 3 N–H and O–H groups in total. The van der Waals surface area contributed by atoms with Crippen LogP contribution in [0, 0.1) is 5.92 Å². The number of aliphatic hydroxyl groups is 2. The summed E-state index contributed by atoms with van der Waals surface area (Å²) in [5, 5.41) is 23.0. The van der Waals surface area contributed by atoms with Gasteiger partial charge in [0.1, 0.15) is 5.82 Å². The molecule has 1 aromatic carbocycles. The number of amides is 1. The highest BCUT2D eigenvalue weighted by Crippen LogP contribution is 2.60. The quantitative estimate of drug-likeness (QED) is 0.610. The Kier molecular flexibility index (Phi) is 3.94. The van der Waals surface area contributed by atoms with Crippen molar-refractivity contribution in [2.45, 2.75) is 24.3 Å². The molecule has 1 fully saturated rings. The van der Waals surface area contributed by atoms with Crippen LogP contribution in [0.4, 0.5) is 5.69 Å². The van der Waals surface area contributed by atoms with Crippen LogP contribution in [0.3, 0.4) is 0 Å². The van der Waals surface area contributed by atoms with Gasteiger partial charge in [0.15, 0.2) is 0 Å². The molecule has 2 aromatic heterocycles. The number of nitrogens with one attached hydrogen (secondary N) is 1. The van der Waals surface area contributed by atoms with Gasteiger partial charge in [-0.05, 0) is 42.2 Å². The number of benzene rings is 1. The van der Waals surface area contributed by atoms with Gasteiger partial charge in [-0.3, -0.25) is 9.78 Å². The summed E-state index contributed by atoms with van der Waals surface area (Å²) in [6.07, 6.45) is 4.70. The Morgan fingerprint density at radius 1 is 1.32 bits per heavy atom. The van der Waals surface area contributed by atoms with E-state index in [2.05, 4.69) is 10.3 Å². The van der Waals surface area contributed by atoms with E-state index < -0.39 is 11.5 Å². The fourth-order valence-electron chi connectivity index (χ4n) is 4.54. The molecule has 5 rings (SSSR count). The molecule has 2 atom stereocenters. The molecular formula is C20H19ClN4O3. The molecule has 1 aliphatic carbocycles. The molecular weight excluding hydrogens is 380 g/mol. The number of carbonyl (C=O) groups excluding carboxylic acids is 1. The van der Waals surface area contributed by atoms with Crippen molar-refractivity contribution in [1.29, 1.82) is 0 Å². The first-order valence-electron chi connectivity index (χ1n) is 9.22. The third-order valence-corrected chi connectivity index (χ3v) is 6.24. The van der Waals surface area contributed by atoms with Gasteiger partial charge in [-0.2, -0.15) is 0 Å². The highest BCUT2D eigenvalue weighted by atomic mass is 35.5. The van der Waals surface area contributed by atoms with Crippen LogP contribution in [0.5, 0.6) is 0 Å². The molecule has 2 aliphatic rings. The number of pyridine rings is 1. The minimum absolute atomic E-state index is 0.00655. The third-order valence-electron chi connectivity index (χ3n) is 6.00. The van der Waals surface area contributed by atoms with E-state index in [-0.39, 0.29) is 25.0 Å². The average molecular weight is 399 g/mol. The van der Waals surface area contributed by atoms with Gasteiger partial charge in [-0.15, -0.1) is 0 Å². The minimum atomic E-state index is -0.535. The Morgan fingerprint density at radius 3 is 2.93 bits per heavy atom. The molecule has 0 radical (unpaired) electrons. The Labute approximate surface area is 166 Å². The fraction of sp³-hybridized carbons (Fsp3) is 0.350. The topological polar surface area (TPSA) is 100 Å². The molecule has 1 aliphatic heterocycles. The Bertz CT molecular complexity index is 1090. The van der Waals surface area contributed by atoms with Gasteiger partial charge in [0.2, 0.25) is 5.91 Å². The summed E-state index contributed by atoms with van der Waals surface area (Å²) in [4.78, 5) is 21.5. The van der Waals surface area contributed by atoms with E-state index in [1.807, 2.05) is 16.7 Å². The maximum Gasteiger partial charge on any atom is 0.235 e. The monoisotopic (exact) mass is 398 g/mol. The van der Waals surface area contributed by atoms with Gasteiger partial charge in [0.25, 0.3) is 0 Å². The summed E-state index contributed by atoms with van der Waals surface area (Å²) in [6.45, 7) is -0.412. The number of rotatable bonds is 5. The predicted molar refractivity (Wildman–Crippen MR) is 104 cm³/mol. The number of anilines is 1. The first kappa shape index (κ1) is 17.6. The van der Waals surface area contributed by atoms with Gasteiger partial charge in [0.05, 0.1) is 47.6 Å². The van der Waals surface area contributed by atoms with Gasteiger partial charge < -0.3 is 20.1 Å². The maximum absolute atomic E-state index is 12.7. The molecule has 0 bridgehead atoms. The number of carbonyl (C=O) groups is 1. The Hall–Kier alpha value is -2.48. The molecule has 8 heteroatoms. The zero-order chi connectivity index (χ0) is 19.5. The highest BCUT2D eigenvalue weighted by molar-refractivity contribution is 6.31. The highest BCUT2D eigenvalue weighted by Gasteiger charge is 2.64. The van der Waals surface area contributed by atoms with E-state index in [4.69, 9.17) is 16.6 Å². The predicted octanol–water partition coefficient (Wildman–Crippen LogP) is 2.06. The third kappa shape index (κ3) is 2.40. The molecule has 1 amide bonds. The number of imidazole rings is 1. The van der Waals surface area contributed by atoms with Crippen molar-refractivity contribution >= 4 is 34.2 Å². The van der Waals surface area contributed by atoms with Gasteiger partial charge in [0, 0.05) is 17.6 Å². The van der Waals surface area contributed by atoms with Crippen LogP contribution in [0.2, 0.25) is 5.02 Å². The summed E-state index contributed by atoms with van der Waals surface area (Å²) in [7, 11) is 0. The average Bonchev–Trinajstić information content (AvgIpc) is 3.20. The fourth-order valence-corrected chi connectivity index (χ4v) is 4.70. The molecule has 144 valence electrons. The number of hydrogen-bond donors (Lipinski definition) is 3. The lowest BCUT2D eigenvalue weighted by Crippen LogP contribution is -2.24. The first-order valence-corrected chi connectivity index (χ1v) is 9.60. The summed E-state index contributed by atoms with van der Waals surface area (Å²) in [6, 6.07) is 6.79. The van der Waals surface area contributed by atoms with Crippen molar-refractivity contribution < 1.29 is 15.0 Å². The molecule has 3 heterocycles. The minimum Gasteiger partial charge on any atom is -0.394 e. The number of aliphatic hydroxyl groups excluding tert-OH is 2. The lowest BCUT2D eigenvalue weighted by Gasteiger charge is -2.18. The van der Waals surface area contributed by atoms with Crippen LogP contribution in [0.25, 0.3) is 11.0 Å². The zero-order valence-corrected chi connectivity index (χ0v) is 15.7. The zero-order valence-electron chi connectivity index (χ0n) is 15.0. The Morgan fingerprint density at radius 2 is 2.14 bits per heavy atom. The summed E-state index contributed by atoms with van der Waals surface area (Å²) < 4.78 is 1.87. The van der Waals surface area contributed by atoms with Crippen LogP contribution >= 0.6 is 11.6 Å². The van der Waals surface area contributed by atoms with E-state index >= 15 is 0 Å². The molecule has 3 aromatic rings. The number of fused-ring (bicyclic) bond motifs is 3. The van der Waals surface area contributed by atoms with Crippen LogP contribution in [0.1, 0.15) is 23.9 Å². The lowest BCUT2D eigenvalue weighted by atomic mass is 9.94. The molecule has 7 nitrogen and oxygen atoms in total. The standard InChI is InChI=1S/C20H19ClN4O3/c21-12-1-2-17-15(6-12)23-18(25(17)13(9-26)10-27)5-11-7-20(11)14-3-4-22-8-16(14)24-19(20)28/h1-4,6,8,11,13,26-27H,5,7,9-10H2,(H,24,28). The summed E-state index contributed by atoms with van der Waals surface area (Å²) >= 11 is 6.11. The smallest absolute Gasteiger partial charge is 0.235 e. The van der Waals surface area contributed by atoms with Crippen LogP contribution in [-0.2, 0) is 16.6 Å². The van der Waals surface area contributed by atoms with Gasteiger partial charge >= 0.3 is 0 Å². The van der Waals surface area contributed by atoms with E-state index in [9.17, 15) is 15.0 Å². The largest absolute Gasteiger partial charge is 0.394 e. The van der Waals surface area contributed by atoms with Crippen molar-refractivity contribution in [2.24, 2.45) is 5.92 Å². The normalized spacial score (nSPS) is 22.9. The molecule has 2 unspecified atom stereocenters. The molecule has 28 heavy (non-hydrogen) atoms. The SMILES string of the molecule is O=C1Nc2cnccc2C12CC2Cc1nc2cc(Cl)ccc2n1C(CO)CO. The Balaban J connectivity index is 1.55. The second-order valence-electron chi connectivity index (χ2n) is 7.50. The molecule has 0 saturated heterocycles. The molecule has 1 spiro atoms. The maximum atomic E-state index is 12.7. The van der Waals surface area contributed by atoms with E-state index in [1.54, 1.807) is 24.5 Å². The van der Waals surface area contributed by atoms with Gasteiger partial charge in [-0.1, -0.05) is 11.6 Å².